The van der Waals surface area contributed by atoms with Gasteiger partial charge >= 0.3 is 6.09 Å². The molecule has 0 unspecified atom stereocenters. The zero-order chi connectivity index (χ0) is 18.2. The highest BCUT2D eigenvalue weighted by molar-refractivity contribution is 6.31. The van der Waals surface area contributed by atoms with E-state index in [0.717, 1.165) is 13.0 Å². The molecule has 8 heteroatoms. The van der Waals surface area contributed by atoms with Crippen molar-refractivity contribution in [3.05, 3.63) is 28.5 Å². The molecule has 1 amide bonds. The van der Waals surface area contributed by atoms with Crippen molar-refractivity contribution in [2.45, 2.75) is 26.0 Å². The van der Waals surface area contributed by atoms with E-state index >= 15 is 0 Å². The fourth-order valence-corrected chi connectivity index (χ4v) is 2.88. The number of nitrogens with zero attached hydrogens (tertiary/aromatic N) is 1. The summed E-state index contributed by atoms with van der Waals surface area (Å²) in [4.78, 5) is 13.9. The Kier molecular flexibility index (Phi) is 7.74. The Morgan fingerprint density at radius 2 is 2.24 bits per heavy atom. The molecular weight excluding hydrogens is 351 g/mol. The van der Waals surface area contributed by atoms with Crippen molar-refractivity contribution in [1.82, 2.24) is 10.2 Å². The number of piperazine rings is 1. The van der Waals surface area contributed by atoms with Gasteiger partial charge in [-0.15, -0.1) is 0 Å². The van der Waals surface area contributed by atoms with Crippen molar-refractivity contribution >= 4 is 17.7 Å². The van der Waals surface area contributed by atoms with Gasteiger partial charge in [-0.05, 0) is 12.5 Å². The molecule has 1 N–H and O–H groups in total. The Bertz CT molecular complexity index is 565. The molecule has 0 saturated carbocycles. The normalized spacial score (nSPS) is 17.4. The van der Waals surface area contributed by atoms with E-state index in [1.165, 1.54) is 12.1 Å². The van der Waals surface area contributed by atoms with Crippen molar-refractivity contribution in [2.24, 2.45) is 0 Å². The first kappa shape index (κ1) is 19.8. The highest BCUT2D eigenvalue weighted by Crippen LogP contribution is 2.27. The van der Waals surface area contributed by atoms with Gasteiger partial charge in [0.05, 0.1) is 11.6 Å². The van der Waals surface area contributed by atoms with Gasteiger partial charge in [0.15, 0.2) is 0 Å². The van der Waals surface area contributed by atoms with Crippen LogP contribution in [0.5, 0.6) is 5.75 Å². The van der Waals surface area contributed by atoms with Gasteiger partial charge in [0, 0.05) is 44.4 Å². The molecule has 0 spiro atoms. The third-order valence-electron chi connectivity index (χ3n) is 4.07. The average molecular weight is 375 g/mol. The summed E-state index contributed by atoms with van der Waals surface area (Å²) < 4.78 is 29.7. The van der Waals surface area contributed by atoms with Gasteiger partial charge in [-0.3, -0.25) is 0 Å². The van der Waals surface area contributed by atoms with Crippen molar-refractivity contribution in [2.75, 3.05) is 40.0 Å². The van der Waals surface area contributed by atoms with Crippen LogP contribution in [0.1, 0.15) is 18.9 Å². The molecule has 1 heterocycles. The van der Waals surface area contributed by atoms with Crippen molar-refractivity contribution in [1.29, 1.82) is 0 Å². The summed E-state index contributed by atoms with van der Waals surface area (Å²) in [5, 5.41) is 3.40. The van der Waals surface area contributed by atoms with Crippen LogP contribution in [0, 0.1) is 5.82 Å². The first-order valence-corrected chi connectivity index (χ1v) is 8.68. The minimum Gasteiger partial charge on any atom is -0.491 e. The lowest BCUT2D eigenvalue weighted by Crippen LogP contribution is -2.53. The number of amides is 1. The van der Waals surface area contributed by atoms with Gasteiger partial charge in [0.25, 0.3) is 0 Å². The predicted molar refractivity (Wildman–Crippen MR) is 92.6 cm³/mol. The molecule has 0 bridgehead atoms. The Hall–Kier alpha value is -1.57. The number of hydrogen-bond acceptors (Lipinski definition) is 5. The minimum atomic E-state index is -0.569. The molecule has 1 atom stereocenters. The highest BCUT2D eigenvalue weighted by atomic mass is 35.5. The largest absolute Gasteiger partial charge is 0.491 e. The molecule has 0 aromatic heterocycles. The van der Waals surface area contributed by atoms with Gasteiger partial charge in [-0.2, -0.15) is 0 Å². The second-order valence-corrected chi connectivity index (χ2v) is 6.13. The summed E-state index contributed by atoms with van der Waals surface area (Å²) in [6.45, 7) is 4.49. The second kappa shape index (κ2) is 9.79. The number of carbonyl (C=O) groups is 1. The maximum absolute atomic E-state index is 14.2. The van der Waals surface area contributed by atoms with Crippen LogP contribution >= 0.6 is 11.6 Å². The Labute approximate surface area is 152 Å². The number of benzene rings is 1. The monoisotopic (exact) mass is 374 g/mol. The molecule has 0 radical (unpaired) electrons. The van der Waals surface area contributed by atoms with Crippen LogP contribution in [-0.2, 0) is 16.1 Å². The van der Waals surface area contributed by atoms with E-state index < -0.39 is 11.9 Å². The zero-order valence-electron chi connectivity index (χ0n) is 14.5. The van der Waals surface area contributed by atoms with E-state index in [4.69, 9.17) is 25.8 Å². The van der Waals surface area contributed by atoms with E-state index in [1.54, 1.807) is 12.0 Å². The smallest absolute Gasteiger partial charge is 0.410 e. The number of methoxy groups -OCH3 is 1. The lowest BCUT2D eigenvalue weighted by atomic mass is 10.1. The van der Waals surface area contributed by atoms with Crippen molar-refractivity contribution in [3.63, 3.8) is 0 Å². The van der Waals surface area contributed by atoms with Crippen molar-refractivity contribution in [3.8, 4) is 5.75 Å². The number of hydrogen-bond donors (Lipinski definition) is 1. The van der Waals surface area contributed by atoms with Crippen LogP contribution in [0.4, 0.5) is 9.18 Å². The maximum atomic E-state index is 14.2. The van der Waals surface area contributed by atoms with E-state index in [0.29, 0.717) is 32.1 Å². The Morgan fingerprint density at radius 3 is 2.92 bits per heavy atom. The van der Waals surface area contributed by atoms with Crippen molar-refractivity contribution < 1.29 is 23.4 Å². The van der Waals surface area contributed by atoms with E-state index in [2.05, 4.69) is 5.32 Å². The molecule has 1 aromatic rings. The van der Waals surface area contributed by atoms with Crippen LogP contribution in [-0.4, -0.2) is 57.0 Å². The maximum Gasteiger partial charge on any atom is 0.410 e. The quantitative estimate of drug-likeness (QED) is 0.744. The second-order valence-electron chi connectivity index (χ2n) is 5.72. The standard InChI is InChI=1S/C17H24ClFN2O4/c1-3-12-10-20-4-5-21(12)17(22)25-11-14-15(18)8-13(9-16(14)19)24-7-6-23-2/h8-9,12,20H,3-7,10-11H2,1-2H3/t12-/m1/s1. The van der Waals surface area contributed by atoms with Gasteiger partial charge in [0.2, 0.25) is 0 Å². The summed E-state index contributed by atoms with van der Waals surface area (Å²) in [5.74, 6) is -0.261. The summed E-state index contributed by atoms with van der Waals surface area (Å²) in [7, 11) is 1.55. The minimum absolute atomic E-state index is 0.0816. The lowest BCUT2D eigenvalue weighted by molar-refractivity contribution is 0.0706. The van der Waals surface area contributed by atoms with E-state index in [1.807, 2.05) is 6.92 Å². The average Bonchev–Trinajstić information content (AvgIpc) is 2.61. The number of rotatable bonds is 7. The van der Waals surface area contributed by atoms with Crippen LogP contribution < -0.4 is 10.1 Å². The predicted octanol–water partition coefficient (Wildman–Crippen LogP) is 2.82. The van der Waals surface area contributed by atoms with Crippen LogP contribution in [0.2, 0.25) is 5.02 Å². The molecule has 1 saturated heterocycles. The van der Waals surface area contributed by atoms with Crippen LogP contribution in [0.15, 0.2) is 12.1 Å². The molecule has 140 valence electrons. The third-order valence-corrected chi connectivity index (χ3v) is 4.40. The number of ether oxygens (including phenoxy) is 3. The SMILES string of the molecule is CC[C@@H]1CNCCN1C(=O)OCc1c(F)cc(OCCOC)cc1Cl. The number of nitrogens with one attached hydrogen (secondary N) is 1. The van der Waals surface area contributed by atoms with Gasteiger partial charge < -0.3 is 24.4 Å². The highest BCUT2D eigenvalue weighted by Gasteiger charge is 2.26. The van der Waals surface area contributed by atoms with Crippen LogP contribution in [0.3, 0.4) is 0 Å². The molecule has 2 rings (SSSR count). The van der Waals surface area contributed by atoms with Crippen LogP contribution in [0.25, 0.3) is 0 Å². The molecule has 1 aliphatic heterocycles. The fourth-order valence-electron chi connectivity index (χ4n) is 2.63. The Balaban J connectivity index is 1.96. The fraction of sp³-hybridized carbons (Fsp3) is 0.588. The molecule has 6 nitrogen and oxygen atoms in total. The summed E-state index contributed by atoms with van der Waals surface area (Å²) in [5.41, 5.74) is 0.136. The molecule has 1 aromatic carbocycles. The lowest BCUT2D eigenvalue weighted by Gasteiger charge is -2.34. The third kappa shape index (κ3) is 5.45. The van der Waals surface area contributed by atoms with E-state index in [9.17, 15) is 9.18 Å². The summed E-state index contributed by atoms with van der Waals surface area (Å²) >= 11 is 6.11. The number of halogens is 2. The van der Waals surface area contributed by atoms with Gasteiger partial charge in [-0.25, -0.2) is 9.18 Å². The summed E-state index contributed by atoms with van der Waals surface area (Å²) in [6, 6.07) is 2.81. The van der Waals surface area contributed by atoms with E-state index in [-0.39, 0.29) is 23.2 Å². The first-order chi connectivity index (χ1) is 12.1. The molecule has 25 heavy (non-hydrogen) atoms. The molecule has 1 aliphatic rings. The zero-order valence-corrected chi connectivity index (χ0v) is 15.3. The summed E-state index contributed by atoms with van der Waals surface area (Å²) in [6.07, 6.45) is 0.370. The van der Waals surface area contributed by atoms with Gasteiger partial charge in [0.1, 0.15) is 24.8 Å². The van der Waals surface area contributed by atoms with Gasteiger partial charge in [-0.1, -0.05) is 18.5 Å². The first-order valence-electron chi connectivity index (χ1n) is 8.30. The molecular formula is C17H24ClFN2O4. The Morgan fingerprint density at radius 1 is 1.44 bits per heavy atom. The topological polar surface area (TPSA) is 60.0 Å². The molecule has 0 aliphatic carbocycles. The molecule has 1 fully saturated rings. The number of carbonyl (C=O) groups excluding carboxylic acids is 1.